The number of sulfone groups is 1. The molecule has 118 valence electrons. The normalized spacial score (nSPS) is 21.6. The van der Waals surface area contributed by atoms with Crippen LogP contribution in [0.1, 0.15) is 12.0 Å². The SMILES string of the molecule is O=S1(=O)CCC(C(CO)(CO)Cc2cc(Cl)ccc2Cl)C1. The zero-order chi connectivity index (χ0) is 15.7. The van der Waals surface area contributed by atoms with Gasteiger partial charge in [0.05, 0.1) is 24.7 Å². The van der Waals surface area contributed by atoms with Crippen molar-refractivity contribution in [3.05, 3.63) is 33.8 Å². The second kappa shape index (κ2) is 6.42. The largest absolute Gasteiger partial charge is 0.396 e. The fourth-order valence-electron chi connectivity index (χ4n) is 2.90. The van der Waals surface area contributed by atoms with E-state index >= 15 is 0 Å². The van der Waals surface area contributed by atoms with Crippen molar-refractivity contribution in [2.45, 2.75) is 12.8 Å². The molecule has 0 saturated carbocycles. The Balaban J connectivity index is 2.32. The van der Waals surface area contributed by atoms with E-state index in [1.165, 1.54) is 0 Å². The summed E-state index contributed by atoms with van der Waals surface area (Å²) in [5, 5.41) is 20.6. The monoisotopic (exact) mass is 352 g/mol. The molecule has 1 fully saturated rings. The molecule has 2 N–H and O–H groups in total. The van der Waals surface area contributed by atoms with Gasteiger partial charge in [-0.3, -0.25) is 0 Å². The minimum absolute atomic E-state index is 0.00763. The van der Waals surface area contributed by atoms with E-state index in [1.807, 2.05) is 0 Å². The lowest BCUT2D eigenvalue weighted by atomic mass is 9.72. The molecule has 1 aromatic rings. The van der Waals surface area contributed by atoms with Crippen molar-refractivity contribution in [1.29, 1.82) is 0 Å². The molecule has 1 atom stereocenters. The van der Waals surface area contributed by atoms with Gasteiger partial charge >= 0.3 is 0 Å². The molecular weight excluding hydrogens is 335 g/mol. The molecular formula is C14H18Cl2O4S. The van der Waals surface area contributed by atoms with Crippen LogP contribution in [0.4, 0.5) is 0 Å². The summed E-state index contributed by atoms with van der Waals surface area (Å²) < 4.78 is 23.4. The van der Waals surface area contributed by atoms with E-state index in [-0.39, 0.29) is 30.6 Å². The third-order valence-electron chi connectivity index (χ3n) is 4.28. The molecule has 0 aliphatic carbocycles. The summed E-state index contributed by atoms with van der Waals surface area (Å²) in [7, 11) is -3.09. The van der Waals surface area contributed by atoms with Gasteiger partial charge in [0.15, 0.2) is 9.84 Å². The summed E-state index contributed by atoms with van der Waals surface area (Å²) in [6.07, 6.45) is 0.737. The summed E-state index contributed by atoms with van der Waals surface area (Å²) >= 11 is 12.1. The van der Waals surface area contributed by atoms with Crippen LogP contribution >= 0.6 is 23.2 Å². The second-order valence-corrected chi connectivity index (χ2v) is 8.76. The topological polar surface area (TPSA) is 74.6 Å². The highest BCUT2D eigenvalue weighted by Crippen LogP contribution is 2.40. The molecule has 1 aliphatic heterocycles. The fourth-order valence-corrected chi connectivity index (χ4v) is 5.22. The molecule has 1 unspecified atom stereocenters. The van der Waals surface area contributed by atoms with Crippen LogP contribution in [0.5, 0.6) is 0 Å². The lowest BCUT2D eigenvalue weighted by Crippen LogP contribution is -2.41. The Labute approximate surface area is 134 Å². The summed E-state index contributed by atoms with van der Waals surface area (Å²) in [5.74, 6) is -0.192. The van der Waals surface area contributed by atoms with Gasteiger partial charge in [-0.2, -0.15) is 0 Å². The minimum atomic E-state index is -3.09. The molecule has 0 amide bonds. The maximum Gasteiger partial charge on any atom is 0.150 e. The maximum atomic E-state index is 11.7. The molecule has 1 aliphatic rings. The molecule has 0 radical (unpaired) electrons. The van der Waals surface area contributed by atoms with Gasteiger partial charge in [-0.15, -0.1) is 0 Å². The molecule has 0 aromatic heterocycles. The van der Waals surface area contributed by atoms with Crippen LogP contribution in [0, 0.1) is 11.3 Å². The Morgan fingerprint density at radius 3 is 2.43 bits per heavy atom. The van der Waals surface area contributed by atoms with Gasteiger partial charge < -0.3 is 10.2 Å². The average Bonchev–Trinajstić information content (AvgIpc) is 2.81. The highest BCUT2D eigenvalue weighted by atomic mass is 35.5. The van der Waals surface area contributed by atoms with Crippen molar-refractivity contribution >= 4 is 33.0 Å². The fraction of sp³-hybridized carbons (Fsp3) is 0.571. The number of hydrogen-bond acceptors (Lipinski definition) is 4. The van der Waals surface area contributed by atoms with E-state index < -0.39 is 15.3 Å². The predicted molar refractivity (Wildman–Crippen MR) is 83.5 cm³/mol. The van der Waals surface area contributed by atoms with Crippen molar-refractivity contribution in [3.8, 4) is 0 Å². The average molecular weight is 353 g/mol. The van der Waals surface area contributed by atoms with Gasteiger partial charge in [-0.05, 0) is 42.5 Å². The lowest BCUT2D eigenvalue weighted by molar-refractivity contribution is 0.0125. The second-order valence-electron chi connectivity index (χ2n) is 5.69. The van der Waals surface area contributed by atoms with E-state index in [9.17, 15) is 18.6 Å². The van der Waals surface area contributed by atoms with Gasteiger partial charge in [-0.1, -0.05) is 23.2 Å². The molecule has 0 spiro atoms. The van der Waals surface area contributed by atoms with Crippen LogP contribution in [0.25, 0.3) is 0 Å². The number of benzene rings is 1. The smallest absolute Gasteiger partial charge is 0.150 e. The van der Waals surface area contributed by atoms with Gasteiger partial charge in [-0.25, -0.2) is 8.42 Å². The quantitative estimate of drug-likeness (QED) is 0.849. The van der Waals surface area contributed by atoms with Crippen LogP contribution in [0.3, 0.4) is 0 Å². The minimum Gasteiger partial charge on any atom is -0.396 e. The summed E-state index contributed by atoms with van der Waals surface area (Å²) in [6, 6.07) is 5.00. The van der Waals surface area contributed by atoms with Crippen LogP contribution in [0.15, 0.2) is 18.2 Å². The van der Waals surface area contributed by atoms with Crippen molar-refractivity contribution < 1.29 is 18.6 Å². The van der Waals surface area contributed by atoms with Crippen molar-refractivity contribution in [2.24, 2.45) is 11.3 Å². The van der Waals surface area contributed by atoms with Gasteiger partial charge in [0.25, 0.3) is 0 Å². The van der Waals surface area contributed by atoms with Crippen LogP contribution < -0.4 is 0 Å². The predicted octanol–water partition coefficient (Wildman–Crippen LogP) is 1.94. The van der Waals surface area contributed by atoms with Gasteiger partial charge in [0, 0.05) is 15.5 Å². The van der Waals surface area contributed by atoms with E-state index in [4.69, 9.17) is 23.2 Å². The number of rotatable bonds is 5. The van der Waals surface area contributed by atoms with E-state index in [2.05, 4.69) is 0 Å². The number of aliphatic hydroxyl groups excluding tert-OH is 2. The Morgan fingerprint density at radius 1 is 1.24 bits per heavy atom. The van der Waals surface area contributed by atoms with Crippen LogP contribution in [0.2, 0.25) is 10.0 Å². The zero-order valence-electron chi connectivity index (χ0n) is 11.4. The van der Waals surface area contributed by atoms with E-state index in [0.717, 1.165) is 0 Å². The Hall–Kier alpha value is -0.330. The molecule has 1 aromatic carbocycles. The van der Waals surface area contributed by atoms with E-state index in [1.54, 1.807) is 18.2 Å². The highest BCUT2D eigenvalue weighted by molar-refractivity contribution is 7.91. The first kappa shape index (κ1) is 17.0. The maximum absolute atomic E-state index is 11.7. The molecule has 7 heteroatoms. The van der Waals surface area contributed by atoms with E-state index in [0.29, 0.717) is 28.5 Å². The molecule has 21 heavy (non-hydrogen) atoms. The van der Waals surface area contributed by atoms with Crippen molar-refractivity contribution in [1.82, 2.24) is 0 Å². The molecule has 2 rings (SSSR count). The molecule has 0 bridgehead atoms. The highest BCUT2D eigenvalue weighted by Gasteiger charge is 2.44. The molecule has 4 nitrogen and oxygen atoms in total. The van der Waals surface area contributed by atoms with Crippen LogP contribution in [-0.2, 0) is 16.3 Å². The Morgan fingerprint density at radius 2 is 1.90 bits per heavy atom. The first-order valence-electron chi connectivity index (χ1n) is 6.68. The number of aliphatic hydroxyl groups is 2. The Kier molecular flexibility index (Phi) is 5.21. The third kappa shape index (κ3) is 3.71. The zero-order valence-corrected chi connectivity index (χ0v) is 13.8. The molecule has 1 heterocycles. The first-order chi connectivity index (χ1) is 9.82. The first-order valence-corrected chi connectivity index (χ1v) is 9.26. The third-order valence-corrected chi connectivity index (χ3v) is 6.65. The van der Waals surface area contributed by atoms with Crippen LogP contribution in [-0.4, -0.2) is 43.4 Å². The van der Waals surface area contributed by atoms with Crippen molar-refractivity contribution in [2.75, 3.05) is 24.7 Å². The molecule has 1 saturated heterocycles. The summed E-state index contributed by atoms with van der Waals surface area (Å²) in [5.41, 5.74) is -0.200. The number of hydrogen-bond donors (Lipinski definition) is 2. The number of halogens is 2. The lowest BCUT2D eigenvalue weighted by Gasteiger charge is -2.35. The van der Waals surface area contributed by atoms with Gasteiger partial charge in [0.1, 0.15) is 0 Å². The van der Waals surface area contributed by atoms with Gasteiger partial charge in [0.2, 0.25) is 0 Å². The Bertz CT molecular complexity index is 611. The standard InChI is InChI=1S/C14H18Cl2O4S/c15-12-1-2-13(16)10(5-12)6-14(8-17,9-18)11-3-4-21(19,20)7-11/h1-2,5,11,17-18H,3-4,6-9H2. The summed E-state index contributed by atoms with van der Waals surface area (Å²) in [4.78, 5) is 0. The van der Waals surface area contributed by atoms with Crippen molar-refractivity contribution in [3.63, 3.8) is 0 Å². The summed E-state index contributed by atoms with van der Waals surface area (Å²) in [6.45, 7) is -0.598.